The summed E-state index contributed by atoms with van der Waals surface area (Å²) in [6, 6.07) is 3.59. The summed E-state index contributed by atoms with van der Waals surface area (Å²) in [7, 11) is 0. The number of hydrogen-bond donors (Lipinski definition) is 1. The van der Waals surface area contributed by atoms with Crippen LogP contribution in [0.5, 0.6) is 0 Å². The van der Waals surface area contributed by atoms with Crippen LogP contribution in [0.25, 0.3) is 0 Å². The van der Waals surface area contributed by atoms with Crippen LogP contribution in [-0.2, 0) is 4.74 Å². The molecule has 92 valence electrons. The third kappa shape index (κ3) is 3.51. The Balaban J connectivity index is 1.79. The van der Waals surface area contributed by atoms with Crippen molar-refractivity contribution in [2.45, 2.75) is 25.4 Å². The van der Waals surface area contributed by atoms with Crippen molar-refractivity contribution in [3.8, 4) is 0 Å². The van der Waals surface area contributed by atoms with E-state index in [2.05, 4.69) is 26.2 Å². The third-order valence-electron chi connectivity index (χ3n) is 2.75. The van der Waals surface area contributed by atoms with Gasteiger partial charge in [-0.25, -0.2) is 4.98 Å². The summed E-state index contributed by atoms with van der Waals surface area (Å²) in [6.07, 6.45) is 5.02. The highest BCUT2D eigenvalue weighted by molar-refractivity contribution is 9.10. The standard InChI is InChI=1S/C12H15BrN2O2/c13-10-4-1-6-14-11(10)12(16)15-7-5-9-3-2-8-17-9/h1,4,6,9H,2-3,5,7-8H2,(H,15,16). The van der Waals surface area contributed by atoms with E-state index < -0.39 is 0 Å². The SMILES string of the molecule is O=C(NCCC1CCCO1)c1ncccc1Br. The molecule has 0 bridgehead atoms. The first-order valence-electron chi connectivity index (χ1n) is 5.77. The lowest BCUT2D eigenvalue weighted by Gasteiger charge is -2.10. The number of rotatable bonds is 4. The second-order valence-corrected chi connectivity index (χ2v) is 4.87. The highest BCUT2D eigenvalue weighted by Gasteiger charge is 2.16. The van der Waals surface area contributed by atoms with Crippen LogP contribution >= 0.6 is 15.9 Å². The average molecular weight is 299 g/mol. The Bertz CT molecular complexity index is 392. The highest BCUT2D eigenvalue weighted by Crippen LogP contribution is 2.15. The third-order valence-corrected chi connectivity index (χ3v) is 3.39. The van der Waals surface area contributed by atoms with Crippen LogP contribution < -0.4 is 5.32 Å². The fraction of sp³-hybridized carbons (Fsp3) is 0.500. The van der Waals surface area contributed by atoms with Gasteiger partial charge in [0.1, 0.15) is 5.69 Å². The summed E-state index contributed by atoms with van der Waals surface area (Å²) >= 11 is 3.31. The Kier molecular flexibility index (Phi) is 4.50. The van der Waals surface area contributed by atoms with E-state index in [1.165, 1.54) is 0 Å². The van der Waals surface area contributed by atoms with Gasteiger partial charge >= 0.3 is 0 Å². The number of pyridine rings is 1. The van der Waals surface area contributed by atoms with Crippen LogP contribution in [0, 0.1) is 0 Å². The molecule has 1 aliphatic heterocycles. The summed E-state index contributed by atoms with van der Waals surface area (Å²) < 4.78 is 6.21. The van der Waals surface area contributed by atoms with Crippen LogP contribution in [0.2, 0.25) is 0 Å². The smallest absolute Gasteiger partial charge is 0.271 e. The largest absolute Gasteiger partial charge is 0.378 e. The molecule has 1 aliphatic rings. The predicted octanol–water partition coefficient (Wildman–Crippen LogP) is 2.14. The number of carbonyl (C=O) groups is 1. The Morgan fingerprint density at radius 3 is 3.24 bits per heavy atom. The molecule has 0 aromatic carbocycles. The molecule has 4 nitrogen and oxygen atoms in total. The monoisotopic (exact) mass is 298 g/mol. The lowest BCUT2D eigenvalue weighted by Crippen LogP contribution is -2.28. The number of aromatic nitrogens is 1. The maximum absolute atomic E-state index is 11.8. The molecule has 2 rings (SSSR count). The Labute approximate surface area is 109 Å². The molecule has 1 unspecified atom stereocenters. The van der Waals surface area contributed by atoms with Crippen molar-refractivity contribution in [1.29, 1.82) is 0 Å². The Hall–Kier alpha value is -0.940. The van der Waals surface area contributed by atoms with E-state index in [1.807, 2.05) is 6.07 Å². The Morgan fingerprint density at radius 2 is 2.53 bits per heavy atom. The van der Waals surface area contributed by atoms with Gasteiger partial charge in [-0.2, -0.15) is 0 Å². The van der Waals surface area contributed by atoms with E-state index in [-0.39, 0.29) is 5.91 Å². The predicted molar refractivity (Wildman–Crippen MR) is 67.9 cm³/mol. The zero-order valence-electron chi connectivity index (χ0n) is 9.49. The molecular weight excluding hydrogens is 284 g/mol. The molecule has 0 aliphatic carbocycles. The zero-order valence-corrected chi connectivity index (χ0v) is 11.1. The van der Waals surface area contributed by atoms with Gasteiger partial charge in [0.2, 0.25) is 0 Å². The quantitative estimate of drug-likeness (QED) is 0.926. The van der Waals surface area contributed by atoms with Crippen LogP contribution in [0.3, 0.4) is 0 Å². The van der Waals surface area contributed by atoms with Crippen LogP contribution in [0.1, 0.15) is 29.8 Å². The molecule has 1 amide bonds. The number of halogens is 1. The topological polar surface area (TPSA) is 51.2 Å². The number of hydrogen-bond acceptors (Lipinski definition) is 3. The lowest BCUT2D eigenvalue weighted by atomic mass is 10.2. The number of carbonyl (C=O) groups excluding carboxylic acids is 1. The molecule has 1 N–H and O–H groups in total. The van der Waals surface area contributed by atoms with Crippen molar-refractivity contribution in [3.63, 3.8) is 0 Å². The first kappa shape index (κ1) is 12.5. The van der Waals surface area contributed by atoms with Gasteiger partial charge in [-0.15, -0.1) is 0 Å². The first-order chi connectivity index (χ1) is 8.27. The van der Waals surface area contributed by atoms with Gasteiger partial charge in [-0.3, -0.25) is 4.79 Å². The second kappa shape index (κ2) is 6.12. The fourth-order valence-corrected chi connectivity index (χ4v) is 2.29. The molecule has 1 saturated heterocycles. The molecular formula is C12H15BrN2O2. The molecule has 1 aromatic rings. The summed E-state index contributed by atoms with van der Waals surface area (Å²) in [5.74, 6) is -0.143. The summed E-state index contributed by atoms with van der Waals surface area (Å²) in [5, 5.41) is 2.86. The van der Waals surface area contributed by atoms with Gasteiger partial charge in [-0.1, -0.05) is 0 Å². The van der Waals surface area contributed by atoms with Gasteiger partial charge in [0.25, 0.3) is 5.91 Å². The summed E-state index contributed by atoms with van der Waals surface area (Å²) in [5.41, 5.74) is 0.430. The van der Waals surface area contributed by atoms with Gasteiger partial charge in [-0.05, 0) is 47.3 Å². The molecule has 17 heavy (non-hydrogen) atoms. The van der Waals surface area contributed by atoms with Gasteiger partial charge in [0, 0.05) is 23.8 Å². The van der Waals surface area contributed by atoms with Gasteiger partial charge in [0.15, 0.2) is 0 Å². The molecule has 0 saturated carbocycles. The van der Waals surface area contributed by atoms with E-state index in [0.29, 0.717) is 18.3 Å². The van der Waals surface area contributed by atoms with E-state index in [0.717, 1.165) is 30.3 Å². The number of amides is 1. The molecule has 5 heteroatoms. The van der Waals surface area contributed by atoms with Crippen molar-refractivity contribution >= 4 is 21.8 Å². The molecule has 1 fully saturated rings. The number of ether oxygens (including phenoxy) is 1. The average Bonchev–Trinajstić information content (AvgIpc) is 2.82. The maximum atomic E-state index is 11.8. The van der Waals surface area contributed by atoms with Crippen molar-refractivity contribution < 1.29 is 9.53 Å². The molecule has 1 atom stereocenters. The minimum absolute atomic E-state index is 0.143. The highest BCUT2D eigenvalue weighted by atomic mass is 79.9. The van der Waals surface area contributed by atoms with E-state index in [9.17, 15) is 4.79 Å². The molecule has 2 heterocycles. The summed E-state index contributed by atoms with van der Waals surface area (Å²) in [6.45, 7) is 1.48. The van der Waals surface area contributed by atoms with Crippen molar-refractivity contribution in [3.05, 3.63) is 28.5 Å². The van der Waals surface area contributed by atoms with Crippen LogP contribution in [0.15, 0.2) is 22.8 Å². The van der Waals surface area contributed by atoms with Crippen molar-refractivity contribution in [2.75, 3.05) is 13.2 Å². The molecule has 0 radical (unpaired) electrons. The number of nitrogens with zero attached hydrogens (tertiary/aromatic N) is 1. The first-order valence-corrected chi connectivity index (χ1v) is 6.57. The van der Waals surface area contributed by atoms with Gasteiger partial charge < -0.3 is 10.1 Å². The molecule has 0 spiro atoms. The molecule has 1 aromatic heterocycles. The summed E-state index contributed by atoms with van der Waals surface area (Å²) in [4.78, 5) is 15.8. The van der Waals surface area contributed by atoms with Crippen LogP contribution in [0.4, 0.5) is 0 Å². The normalized spacial score (nSPS) is 19.2. The Morgan fingerprint density at radius 1 is 1.65 bits per heavy atom. The van der Waals surface area contributed by atoms with E-state index >= 15 is 0 Å². The maximum Gasteiger partial charge on any atom is 0.271 e. The zero-order chi connectivity index (χ0) is 12.1. The number of nitrogens with one attached hydrogen (secondary N) is 1. The van der Waals surface area contributed by atoms with Crippen molar-refractivity contribution in [1.82, 2.24) is 10.3 Å². The van der Waals surface area contributed by atoms with Gasteiger partial charge in [0.05, 0.1) is 6.10 Å². The van der Waals surface area contributed by atoms with E-state index in [1.54, 1.807) is 12.3 Å². The fourth-order valence-electron chi connectivity index (χ4n) is 1.86. The minimum atomic E-state index is -0.143. The van der Waals surface area contributed by atoms with E-state index in [4.69, 9.17) is 4.74 Å². The minimum Gasteiger partial charge on any atom is -0.378 e. The lowest BCUT2D eigenvalue weighted by molar-refractivity contribution is 0.0902. The van der Waals surface area contributed by atoms with Crippen molar-refractivity contribution in [2.24, 2.45) is 0 Å². The van der Waals surface area contributed by atoms with Crippen LogP contribution in [-0.4, -0.2) is 30.1 Å². The second-order valence-electron chi connectivity index (χ2n) is 4.01.